The molecule has 7 nitrogen and oxygen atoms in total. The van der Waals surface area contributed by atoms with E-state index in [0.717, 1.165) is 5.92 Å². The summed E-state index contributed by atoms with van der Waals surface area (Å²) in [6.07, 6.45) is 9.09. The van der Waals surface area contributed by atoms with Crippen LogP contribution in [0.3, 0.4) is 0 Å². The van der Waals surface area contributed by atoms with Gasteiger partial charge in [-0.15, -0.1) is 0 Å². The molecule has 1 atom stereocenters. The first-order chi connectivity index (χ1) is 9.76. The maximum atomic E-state index is 4.45. The molecule has 1 aliphatic rings. The highest BCUT2D eigenvalue weighted by Crippen LogP contribution is 2.30. The average molecular weight is 273 g/mol. The average Bonchev–Trinajstić information content (AvgIpc) is 2.89. The van der Waals surface area contributed by atoms with Crippen molar-refractivity contribution < 1.29 is 0 Å². The van der Waals surface area contributed by atoms with Gasteiger partial charge in [-0.1, -0.05) is 6.42 Å². The summed E-state index contributed by atoms with van der Waals surface area (Å²) >= 11 is 0. The number of imidazole rings is 1. The van der Waals surface area contributed by atoms with Gasteiger partial charge in [-0.2, -0.15) is 15.0 Å². The van der Waals surface area contributed by atoms with E-state index in [-0.39, 0.29) is 0 Å². The number of aromatic nitrogens is 5. The van der Waals surface area contributed by atoms with Crippen molar-refractivity contribution in [2.24, 2.45) is 5.92 Å². The predicted molar refractivity (Wildman–Crippen MR) is 76.9 cm³/mol. The fraction of sp³-hybridized carbons (Fsp3) is 0.538. The largest absolute Gasteiger partial charge is 0.357 e. The molecule has 0 radical (unpaired) electrons. The van der Waals surface area contributed by atoms with Gasteiger partial charge in [-0.05, 0) is 25.7 Å². The van der Waals surface area contributed by atoms with Crippen LogP contribution in [-0.2, 0) is 0 Å². The fourth-order valence-electron chi connectivity index (χ4n) is 2.30. The lowest BCUT2D eigenvalue weighted by Crippen LogP contribution is -2.31. The van der Waals surface area contributed by atoms with E-state index in [1.54, 1.807) is 24.1 Å². The normalized spacial score (nSPS) is 16.5. The third-order valence-corrected chi connectivity index (χ3v) is 3.80. The van der Waals surface area contributed by atoms with E-state index in [1.165, 1.54) is 19.3 Å². The molecule has 2 N–H and O–H groups in total. The summed E-state index contributed by atoms with van der Waals surface area (Å²) in [7, 11) is 1.80. The summed E-state index contributed by atoms with van der Waals surface area (Å²) in [4.78, 5) is 17.2. The summed E-state index contributed by atoms with van der Waals surface area (Å²) in [5.74, 6) is 2.44. The van der Waals surface area contributed by atoms with Crippen molar-refractivity contribution >= 4 is 11.9 Å². The molecular weight excluding hydrogens is 254 g/mol. The number of nitrogens with zero attached hydrogens (tertiary/aromatic N) is 5. The molecule has 106 valence electrons. The van der Waals surface area contributed by atoms with Crippen LogP contribution in [0.4, 0.5) is 11.9 Å². The van der Waals surface area contributed by atoms with Gasteiger partial charge in [-0.3, -0.25) is 4.57 Å². The monoisotopic (exact) mass is 273 g/mol. The molecule has 1 fully saturated rings. The van der Waals surface area contributed by atoms with Gasteiger partial charge >= 0.3 is 0 Å². The minimum atomic E-state index is 0.381. The van der Waals surface area contributed by atoms with Crippen LogP contribution in [0, 0.1) is 5.92 Å². The zero-order chi connectivity index (χ0) is 13.9. The van der Waals surface area contributed by atoms with Gasteiger partial charge in [0.1, 0.15) is 6.33 Å². The first kappa shape index (κ1) is 12.8. The van der Waals surface area contributed by atoms with Gasteiger partial charge in [0.05, 0.1) is 0 Å². The van der Waals surface area contributed by atoms with E-state index >= 15 is 0 Å². The molecule has 7 heteroatoms. The Bertz CT molecular complexity index is 562. The Labute approximate surface area is 117 Å². The molecule has 0 aromatic carbocycles. The molecule has 0 bridgehead atoms. The maximum Gasteiger partial charge on any atom is 0.241 e. The molecule has 2 heterocycles. The van der Waals surface area contributed by atoms with E-state index < -0.39 is 0 Å². The van der Waals surface area contributed by atoms with Gasteiger partial charge in [0.25, 0.3) is 0 Å². The van der Waals surface area contributed by atoms with E-state index in [1.807, 2.05) is 6.20 Å². The number of anilines is 2. The van der Waals surface area contributed by atoms with Crippen LogP contribution in [0.25, 0.3) is 5.95 Å². The molecule has 0 saturated heterocycles. The van der Waals surface area contributed by atoms with Crippen LogP contribution >= 0.6 is 0 Å². The van der Waals surface area contributed by atoms with Crippen molar-refractivity contribution in [1.29, 1.82) is 0 Å². The van der Waals surface area contributed by atoms with Crippen LogP contribution < -0.4 is 10.6 Å². The molecule has 0 amide bonds. The van der Waals surface area contributed by atoms with Gasteiger partial charge in [0.2, 0.25) is 17.8 Å². The van der Waals surface area contributed by atoms with Crippen LogP contribution in [0.5, 0.6) is 0 Å². The summed E-state index contributed by atoms with van der Waals surface area (Å²) in [5, 5.41) is 6.35. The molecule has 1 aliphatic carbocycles. The van der Waals surface area contributed by atoms with Crippen molar-refractivity contribution in [1.82, 2.24) is 24.5 Å². The van der Waals surface area contributed by atoms with Crippen LogP contribution in [0.15, 0.2) is 18.7 Å². The van der Waals surface area contributed by atoms with Gasteiger partial charge in [0.15, 0.2) is 0 Å². The molecule has 0 spiro atoms. The van der Waals surface area contributed by atoms with Gasteiger partial charge in [-0.25, -0.2) is 4.98 Å². The zero-order valence-corrected chi connectivity index (χ0v) is 11.7. The molecule has 3 rings (SSSR count). The number of nitrogens with one attached hydrogen (secondary N) is 2. The first-order valence-corrected chi connectivity index (χ1v) is 6.95. The quantitative estimate of drug-likeness (QED) is 0.863. The minimum absolute atomic E-state index is 0.381. The molecule has 1 saturated carbocycles. The Morgan fingerprint density at radius 2 is 2.05 bits per heavy atom. The minimum Gasteiger partial charge on any atom is -0.357 e. The second-order valence-electron chi connectivity index (χ2n) is 5.13. The Balaban J connectivity index is 1.84. The van der Waals surface area contributed by atoms with Crippen molar-refractivity contribution in [3.05, 3.63) is 18.7 Å². The summed E-state index contributed by atoms with van der Waals surface area (Å²) in [6.45, 7) is 2.18. The molecule has 2 aromatic heterocycles. The van der Waals surface area contributed by atoms with Crippen LogP contribution in [-0.4, -0.2) is 37.6 Å². The third kappa shape index (κ3) is 2.56. The lowest BCUT2D eigenvalue weighted by molar-refractivity contribution is 0.284. The summed E-state index contributed by atoms with van der Waals surface area (Å²) < 4.78 is 1.77. The van der Waals surface area contributed by atoms with Crippen molar-refractivity contribution in [2.45, 2.75) is 32.2 Å². The molecule has 1 unspecified atom stereocenters. The highest BCUT2D eigenvalue weighted by atomic mass is 15.3. The third-order valence-electron chi connectivity index (χ3n) is 3.80. The van der Waals surface area contributed by atoms with Crippen LogP contribution in [0.2, 0.25) is 0 Å². The molecule has 2 aromatic rings. The van der Waals surface area contributed by atoms with Crippen molar-refractivity contribution in [2.75, 3.05) is 17.7 Å². The number of hydrogen-bond acceptors (Lipinski definition) is 6. The Morgan fingerprint density at radius 1 is 1.25 bits per heavy atom. The van der Waals surface area contributed by atoms with Crippen molar-refractivity contribution in [3.8, 4) is 5.95 Å². The number of rotatable bonds is 5. The molecule has 20 heavy (non-hydrogen) atoms. The second kappa shape index (κ2) is 5.44. The summed E-state index contributed by atoms with van der Waals surface area (Å²) in [5.41, 5.74) is 0. The highest BCUT2D eigenvalue weighted by molar-refractivity contribution is 5.38. The standard InChI is InChI=1S/C13H19N7/c1-9(10-4-3-5-10)16-12-17-11(14-2)18-13(19-12)20-7-6-15-8-20/h6-10H,3-5H2,1-2H3,(H2,14,16,17,18,19). The van der Waals surface area contributed by atoms with E-state index in [9.17, 15) is 0 Å². The zero-order valence-electron chi connectivity index (χ0n) is 11.7. The Morgan fingerprint density at radius 3 is 2.65 bits per heavy atom. The molecule has 0 aliphatic heterocycles. The maximum absolute atomic E-state index is 4.45. The second-order valence-corrected chi connectivity index (χ2v) is 5.13. The van der Waals surface area contributed by atoms with Gasteiger partial charge < -0.3 is 10.6 Å². The van der Waals surface area contributed by atoms with E-state index in [2.05, 4.69) is 37.5 Å². The molecular formula is C13H19N7. The topological polar surface area (TPSA) is 80.5 Å². The smallest absolute Gasteiger partial charge is 0.241 e. The SMILES string of the molecule is CNc1nc(NC(C)C2CCC2)nc(-n2ccnc2)n1. The Hall–Kier alpha value is -2.18. The van der Waals surface area contributed by atoms with Crippen LogP contribution in [0.1, 0.15) is 26.2 Å². The fourth-order valence-corrected chi connectivity index (χ4v) is 2.30. The lowest BCUT2D eigenvalue weighted by atomic mass is 9.80. The highest BCUT2D eigenvalue weighted by Gasteiger charge is 2.24. The Kier molecular flexibility index (Phi) is 3.49. The number of hydrogen-bond donors (Lipinski definition) is 2. The first-order valence-electron chi connectivity index (χ1n) is 6.95. The lowest BCUT2D eigenvalue weighted by Gasteiger charge is -2.31. The van der Waals surface area contributed by atoms with Crippen molar-refractivity contribution in [3.63, 3.8) is 0 Å². The predicted octanol–water partition coefficient (Wildman–Crippen LogP) is 1.70. The van der Waals surface area contributed by atoms with Gasteiger partial charge in [0, 0.05) is 25.5 Å². The van der Waals surface area contributed by atoms with E-state index in [0.29, 0.717) is 23.9 Å². The summed E-state index contributed by atoms with van der Waals surface area (Å²) in [6, 6.07) is 0.381. The van der Waals surface area contributed by atoms with E-state index in [4.69, 9.17) is 0 Å².